The van der Waals surface area contributed by atoms with Crippen molar-refractivity contribution in [2.75, 3.05) is 31.3 Å². The number of H-pyrrole nitrogens is 1. The molecule has 0 bridgehead atoms. The highest BCUT2D eigenvalue weighted by Gasteiger charge is 2.10. The van der Waals surface area contributed by atoms with E-state index in [0.717, 1.165) is 16.5 Å². The molecule has 4 N–H and O–H groups in total. The molecule has 3 aromatic rings. The molecule has 0 aliphatic carbocycles. The minimum atomic E-state index is -1.15. The molecule has 28 heavy (non-hydrogen) atoms. The number of nitrogens with zero attached hydrogens (tertiary/aromatic N) is 2. The third-order valence-corrected chi connectivity index (χ3v) is 3.96. The number of amides is 2. The van der Waals surface area contributed by atoms with E-state index in [1.54, 1.807) is 18.3 Å². The van der Waals surface area contributed by atoms with E-state index in [1.165, 1.54) is 12.3 Å². The van der Waals surface area contributed by atoms with E-state index in [4.69, 9.17) is 5.11 Å². The van der Waals surface area contributed by atoms with Gasteiger partial charge in [-0.05, 0) is 37.9 Å². The fourth-order valence-corrected chi connectivity index (χ4v) is 2.75. The predicted octanol–water partition coefficient (Wildman–Crippen LogP) is 3.38. The van der Waals surface area contributed by atoms with Crippen LogP contribution in [0, 0.1) is 0 Å². The zero-order valence-corrected chi connectivity index (χ0v) is 15.6. The summed E-state index contributed by atoms with van der Waals surface area (Å²) < 4.78 is 0. The Morgan fingerprint density at radius 2 is 2.04 bits per heavy atom. The van der Waals surface area contributed by atoms with Crippen LogP contribution in [-0.2, 0) is 4.79 Å². The highest BCUT2D eigenvalue weighted by atomic mass is 16.4. The van der Waals surface area contributed by atoms with Crippen LogP contribution in [0.5, 0.6) is 0 Å². The first-order valence-corrected chi connectivity index (χ1v) is 8.62. The van der Waals surface area contributed by atoms with Gasteiger partial charge in [-0.25, -0.2) is 9.78 Å². The van der Waals surface area contributed by atoms with Crippen LogP contribution in [0.3, 0.4) is 0 Å². The second kappa shape index (κ2) is 8.36. The van der Waals surface area contributed by atoms with Crippen molar-refractivity contribution in [2.45, 2.75) is 0 Å². The van der Waals surface area contributed by atoms with E-state index in [2.05, 4.69) is 20.6 Å². The quantitative estimate of drug-likeness (QED) is 0.491. The van der Waals surface area contributed by atoms with Crippen molar-refractivity contribution in [2.24, 2.45) is 0 Å². The topological polar surface area (TPSA) is 110 Å². The number of likely N-dealkylation sites (N-methyl/N-ethyl adjacent to an activating group) is 1. The van der Waals surface area contributed by atoms with E-state index >= 15 is 0 Å². The molecule has 0 aliphatic rings. The summed E-state index contributed by atoms with van der Waals surface area (Å²) in [6.07, 6.45) is 5.41. The lowest BCUT2D eigenvalue weighted by Crippen LogP contribution is -2.12. The Bertz CT molecular complexity index is 1040. The number of nitrogens with one attached hydrogen (secondary N) is 3. The number of benzene rings is 1. The van der Waals surface area contributed by atoms with Crippen molar-refractivity contribution < 1.29 is 14.7 Å². The molecular weight excluding hydrogens is 358 g/mol. The number of hydrogen-bond donors (Lipinski definition) is 4. The second-order valence-electron chi connectivity index (χ2n) is 6.49. The molecule has 3 rings (SSSR count). The first-order chi connectivity index (χ1) is 13.4. The second-order valence-corrected chi connectivity index (χ2v) is 6.49. The molecule has 0 saturated heterocycles. The normalized spacial score (nSPS) is 11.2. The first-order valence-electron chi connectivity index (χ1n) is 8.62. The van der Waals surface area contributed by atoms with Gasteiger partial charge in [0.1, 0.15) is 5.65 Å². The van der Waals surface area contributed by atoms with Gasteiger partial charge in [-0.1, -0.05) is 18.2 Å². The van der Waals surface area contributed by atoms with E-state index in [1.807, 2.05) is 43.3 Å². The number of pyridine rings is 1. The highest BCUT2D eigenvalue weighted by Crippen LogP contribution is 2.30. The van der Waals surface area contributed by atoms with Gasteiger partial charge in [0, 0.05) is 35.5 Å². The minimum Gasteiger partial charge on any atom is -0.465 e. The van der Waals surface area contributed by atoms with E-state index in [-0.39, 0.29) is 5.91 Å². The lowest BCUT2D eigenvalue weighted by atomic mass is 10.0. The van der Waals surface area contributed by atoms with Gasteiger partial charge in [0.25, 0.3) is 0 Å². The number of carboxylic acid groups (broad SMARTS) is 1. The molecule has 0 saturated carbocycles. The maximum atomic E-state index is 12.1. The summed E-state index contributed by atoms with van der Waals surface area (Å²) in [6.45, 7) is 0.683. The molecular formula is C20H21N5O3. The number of anilines is 2. The van der Waals surface area contributed by atoms with Gasteiger partial charge in [-0.2, -0.15) is 0 Å². The zero-order valence-electron chi connectivity index (χ0n) is 15.6. The van der Waals surface area contributed by atoms with E-state index in [9.17, 15) is 9.59 Å². The molecule has 2 heterocycles. The Balaban J connectivity index is 1.84. The smallest absolute Gasteiger partial charge is 0.409 e. The molecule has 8 nitrogen and oxygen atoms in total. The number of rotatable bonds is 6. The molecule has 0 atom stereocenters. The molecule has 0 fully saturated rings. The van der Waals surface area contributed by atoms with E-state index in [0.29, 0.717) is 23.6 Å². The summed E-state index contributed by atoms with van der Waals surface area (Å²) in [5.41, 5.74) is 3.42. The molecule has 2 aromatic heterocycles. The Morgan fingerprint density at radius 3 is 2.79 bits per heavy atom. The molecule has 0 spiro atoms. The van der Waals surface area contributed by atoms with Crippen LogP contribution in [0.2, 0.25) is 0 Å². The third kappa shape index (κ3) is 4.74. The lowest BCUT2D eigenvalue weighted by Gasteiger charge is -2.07. The molecule has 0 unspecified atom stereocenters. The van der Waals surface area contributed by atoms with Crippen molar-refractivity contribution >= 4 is 34.4 Å². The fraction of sp³-hybridized carbons (Fsp3) is 0.150. The monoisotopic (exact) mass is 379 g/mol. The minimum absolute atomic E-state index is 0.201. The van der Waals surface area contributed by atoms with Gasteiger partial charge in [0.05, 0.1) is 11.9 Å². The Kier molecular flexibility index (Phi) is 5.71. The standard InChI is InChI=1S/C20H21N5O3/c1-25(2)8-4-7-18(26)23-14-6-3-5-13(9-14)17-12-22-19-16(17)10-15(11-21-19)24-20(27)28/h3-7,9-12,24H,8H2,1-2H3,(H,21,22)(H,23,26)(H,27,28)/b7-4+. The number of carbonyl (C=O) groups excluding carboxylic acids is 1. The van der Waals surface area contributed by atoms with Crippen LogP contribution in [0.4, 0.5) is 16.2 Å². The Labute approximate surface area is 161 Å². The highest BCUT2D eigenvalue weighted by molar-refractivity contribution is 6.01. The van der Waals surface area contributed by atoms with Crippen LogP contribution >= 0.6 is 0 Å². The van der Waals surface area contributed by atoms with Gasteiger partial charge in [0.15, 0.2) is 0 Å². The number of aromatic amines is 1. The van der Waals surface area contributed by atoms with Gasteiger partial charge in [0.2, 0.25) is 5.91 Å². The Morgan fingerprint density at radius 1 is 1.21 bits per heavy atom. The molecule has 8 heteroatoms. The largest absolute Gasteiger partial charge is 0.465 e. The summed E-state index contributed by atoms with van der Waals surface area (Å²) in [6, 6.07) is 9.15. The average Bonchev–Trinajstić information content (AvgIpc) is 3.04. The third-order valence-electron chi connectivity index (χ3n) is 3.96. The first kappa shape index (κ1) is 19.1. The predicted molar refractivity (Wildman–Crippen MR) is 110 cm³/mol. The van der Waals surface area contributed by atoms with Gasteiger partial charge < -0.3 is 20.3 Å². The van der Waals surface area contributed by atoms with Crippen LogP contribution in [0.1, 0.15) is 0 Å². The van der Waals surface area contributed by atoms with Crippen molar-refractivity contribution in [3.05, 3.63) is 54.9 Å². The van der Waals surface area contributed by atoms with Crippen molar-refractivity contribution in [3.8, 4) is 11.1 Å². The molecule has 2 amide bonds. The van der Waals surface area contributed by atoms with Crippen LogP contribution in [0.25, 0.3) is 22.2 Å². The summed E-state index contributed by atoms with van der Waals surface area (Å²) in [5.74, 6) is -0.201. The molecule has 0 radical (unpaired) electrons. The molecule has 1 aromatic carbocycles. The summed E-state index contributed by atoms with van der Waals surface area (Å²) in [5, 5.41) is 14.8. The number of aromatic nitrogens is 2. The number of fused-ring (bicyclic) bond motifs is 1. The summed E-state index contributed by atoms with van der Waals surface area (Å²) in [7, 11) is 3.86. The van der Waals surface area contributed by atoms with Gasteiger partial charge in [-0.15, -0.1) is 0 Å². The summed E-state index contributed by atoms with van der Waals surface area (Å²) >= 11 is 0. The SMILES string of the molecule is CN(C)C/C=C/C(=O)Nc1cccc(-c2c[nH]c3ncc(NC(=O)O)cc23)c1. The van der Waals surface area contributed by atoms with Crippen molar-refractivity contribution in [1.82, 2.24) is 14.9 Å². The number of carbonyl (C=O) groups is 2. The average molecular weight is 379 g/mol. The maximum absolute atomic E-state index is 12.1. The Hall–Kier alpha value is -3.65. The van der Waals surface area contributed by atoms with Crippen molar-refractivity contribution in [3.63, 3.8) is 0 Å². The van der Waals surface area contributed by atoms with Crippen LogP contribution in [-0.4, -0.2) is 52.6 Å². The molecule has 0 aliphatic heterocycles. The van der Waals surface area contributed by atoms with Gasteiger partial charge >= 0.3 is 6.09 Å². The van der Waals surface area contributed by atoms with Crippen LogP contribution in [0.15, 0.2) is 54.9 Å². The maximum Gasteiger partial charge on any atom is 0.409 e. The fourth-order valence-electron chi connectivity index (χ4n) is 2.75. The van der Waals surface area contributed by atoms with Gasteiger partial charge in [-0.3, -0.25) is 10.1 Å². The lowest BCUT2D eigenvalue weighted by molar-refractivity contribution is -0.111. The summed E-state index contributed by atoms with van der Waals surface area (Å²) in [4.78, 5) is 32.2. The van der Waals surface area contributed by atoms with Crippen molar-refractivity contribution in [1.29, 1.82) is 0 Å². The number of hydrogen-bond acceptors (Lipinski definition) is 4. The van der Waals surface area contributed by atoms with E-state index < -0.39 is 6.09 Å². The molecule has 144 valence electrons. The van der Waals surface area contributed by atoms with Crippen LogP contribution < -0.4 is 10.6 Å². The zero-order chi connectivity index (χ0) is 20.1.